The van der Waals surface area contributed by atoms with E-state index in [1.165, 1.54) is 0 Å². The standard InChI is InChI=1S/C14H19N5O.ClH/c1-10-6-11(2)19(18-10)13-5-4-12(7-16-13)8-17-14(20)9-15-3;/h4-7,15H,8-9H2,1-3H3,(H,17,20);1H. The van der Waals surface area contributed by atoms with E-state index in [1.54, 1.807) is 17.9 Å². The van der Waals surface area contributed by atoms with Crippen molar-refractivity contribution in [2.45, 2.75) is 20.4 Å². The van der Waals surface area contributed by atoms with E-state index in [4.69, 9.17) is 0 Å². The molecular weight excluding hydrogens is 290 g/mol. The van der Waals surface area contributed by atoms with Crippen LogP contribution in [0.3, 0.4) is 0 Å². The average Bonchev–Trinajstić information content (AvgIpc) is 2.76. The molecule has 7 heteroatoms. The van der Waals surface area contributed by atoms with Crippen LogP contribution in [0.15, 0.2) is 24.4 Å². The number of carbonyl (C=O) groups excluding carboxylic acids is 1. The van der Waals surface area contributed by atoms with Gasteiger partial charge < -0.3 is 10.6 Å². The van der Waals surface area contributed by atoms with Crippen LogP contribution in [0.2, 0.25) is 0 Å². The maximum Gasteiger partial charge on any atom is 0.234 e. The van der Waals surface area contributed by atoms with Gasteiger partial charge in [0, 0.05) is 18.4 Å². The van der Waals surface area contributed by atoms with Crippen molar-refractivity contribution in [1.82, 2.24) is 25.4 Å². The van der Waals surface area contributed by atoms with Gasteiger partial charge in [-0.3, -0.25) is 4.79 Å². The summed E-state index contributed by atoms with van der Waals surface area (Å²) in [4.78, 5) is 15.7. The van der Waals surface area contributed by atoms with Gasteiger partial charge in [-0.25, -0.2) is 9.67 Å². The van der Waals surface area contributed by atoms with E-state index >= 15 is 0 Å². The molecule has 0 fully saturated rings. The first-order valence-electron chi connectivity index (χ1n) is 6.50. The molecule has 0 bridgehead atoms. The lowest BCUT2D eigenvalue weighted by atomic mass is 10.3. The van der Waals surface area contributed by atoms with Gasteiger partial charge in [0.05, 0.1) is 12.2 Å². The van der Waals surface area contributed by atoms with Gasteiger partial charge in [-0.2, -0.15) is 5.10 Å². The van der Waals surface area contributed by atoms with E-state index in [0.717, 1.165) is 22.8 Å². The van der Waals surface area contributed by atoms with Crippen LogP contribution in [0.1, 0.15) is 17.0 Å². The monoisotopic (exact) mass is 309 g/mol. The number of likely N-dealkylation sites (N-methyl/N-ethyl adjacent to an activating group) is 1. The lowest BCUT2D eigenvalue weighted by molar-refractivity contribution is -0.120. The SMILES string of the molecule is CNCC(=O)NCc1ccc(-n2nc(C)cc2C)nc1.Cl. The normalized spacial score (nSPS) is 10.0. The van der Waals surface area contributed by atoms with Crippen molar-refractivity contribution in [3.05, 3.63) is 41.3 Å². The zero-order valence-corrected chi connectivity index (χ0v) is 13.2. The van der Waals surface area contributed by atoms with Crippen LogP contribution < -0.4 is 10.6 Å². The zero-order valence-electron chi connectivity index (χ0n) is 12.4. The molecule has 0 aliphatic carbocycles. The van der Waals surface area contributed by atoms with Gasteiger partial charge in [-0.15, -0.1) is 12.4 Å². The van der Waals surface area contributed by atoms with Crippen molar-refractivity contribution >= 4 is 18.3 Å². The molecule has 0 atom stereocenters. The van der Waals surface area contributed by atoms with Crippen LogP contribution in [0.5, 0.6) is 0 Å². The Bertz CT molecular complexity index is 594. The Labute approximate surface area is 130 Å². The lowest BCUT2D eigenvalue weighted by Gasteiger charge is -2.06. The van der Waals surface area contributed by atoms with E-state index in [9.17, 15) is 4.79 Å². The van der Waals surface area contributed by atoms with Gasteiger partial charge >= 0.3 is 0 Å². The first-order valence-corrected chi connectivity index (χ1v) is 6.50. The van der Waals surface area contributed by atoms with Crippen LogP contribution >= 0.6 is 12.4 Å². The quantitative estimate of drug-likeness (QED) is 0.869. The fourth-order valence-corrected chi connectivity index (χ4v) is 1.93. The highest BCUT2D eigenvalue weighted by Gasteiger charge is 2.05. The second-order valence-corrected chi connectivity index (χ2v) is 4.67. The predicted molar refractivity (Wildman–Crippen MR) is 83.9 cm³/mol. The molecule has 2 heterocycles. The maximum absolute atomic E-state index is 11.3. The van der Waals surface area contributed by atoms with Gasteiger partial charge in [0.1, 0.15) is 0 Å². The summed E-state index contributed by atoms with van der Waals surface area (Å²) in [5.41, 5.74) is 2.97. The number of hydrogen-bond donors (Lipinski definition) is 2. The summed E-state index contributed by atoms with van der Waals surface area (Å²) in [5, 5.41) is 10.00. The molecule has 0 aliphatic rings. The molecule has 0 saturated heterocycles. The minimum Gasteiger partial charge on any atom is -0.351 e. The number of pyridine rings is 1. The van der Waals surface area contributed by atoms with Crippen molar-refractivity contribution in [2.75, 3.05) is 13.6 Å². The van der Waals surface area contributed by atoms with E-state index in [-0.39, 0.29) is 18.3 Å². The molecule has 2 aromatic rings. The van der Waals surface area contributed by atoms with Crippen LogP contribution in [-0.2, 0) is 11.3 Å². The van der Waals surface area contributed by atoms with E-state index in [2.05, 4.69) is 20.7 Å². The van der Waals surface area contributed by atoms with Crippen LogP contribution in [0, 0.1) is 13.8 Å². The van der Waals surface area contributed by atoms with Gasteiger partial charge in [0.2, 0.25) is 5.91 Å². The molecule has 0 spiro atoms. The zero-order chi connectivity index (χ0) is 14.5. The predicted octanol–water partition coefficient (Wildman–Crippen LogP) is 1.14. The summed E-state index contributed by atoms with van der Waals surface area (Å²) >= 11 is 0. The number of nitrogens with one attached hydrogen (secondary N) is 2. The molecule has 0 saturated carbocycles. The van der Waals surface area contributed by atoms with Gasteiger partial charge in [-0.1, -0.05) is 6.07 Å². The molecule has 114 valence electrons. The summed E-state index contributed by atoms with van der Waals surface area (Å²) in [6.07, 6.45) is 1.76. The number of aryl methyl sites for hydroxylation is 2. The maximum atomic E-state index is 11.3. The fraction of sp³-hybridized carbons (Fsp3) is 0.357. The largest absolute Gasteiger partial charge is 0.351 e. The van der Waals surface area contributed by atoms with Gasteiger partial charge in [0.15, 0.2) is 5.82 Å². The van der Waals surface area contributed by atoms with Crippen molar-refractivity contribution in [3.8, 4) is 5.82 Å². The Balaban J connectivity index is 0.00000220. The molecule has 0 aromatic carbocycles. The van der Waals surface area contributed by atoms with Crippen molar-refractivity contribution in [1.29, 1.82) is 0 Å². The molecule has 2 rings (SSSR count). The third-order valence-electron chi connectivity index (χ3n) is 2.86. The molecule has 0 unspecified atom stereocenters. The lowest BCUT2D eigenvalue weighted by Crippen LogP contribution is -2.31. The molecule has 0 radical (unpaired) electrons. The Morgan fingerprint density at radius 3 is 2.62 bits per heavy atom. The Hall–Kier alpha value is -1.92. The molecule has 0 aliphatic heterocycles. The molecular formula is C14H20ClN5O. The highest BCUT2D eigenvalue weighted by molar-refractivity contribution is 5.85. The molecule has 2 aromatic heterocycles. The summed E-state index contributed by atoms with van der Waals surface area (Å²) < 4.78 is 1.80. The van der Waals surface area contributed by atoms with Crippen LogP contribution in [0.4, 0.5) is 0 Å². The first kappa shape index (κ1) is 17.1. The number of carbonyl (C=O) groups is 1. The highest BCUT2D eigenvalue weighted by Crippen LogP contribution is 2.10. The molecule has 21 heavy (non-hydrogen) atoms. The van der Waals surface area contributed by atoms with Crippen molar-refractivity contribution in [3.63, 3.8) is 0 Å². The second-order valence-electron chi connectivity index (χ2n) is 4.67. The van der Waals surface area contributed by atoms with Crippen molar-refractivity contribution < 1.29 is 4.79 Å². The molecule has 6 nitrogen and oxygen atoms in total. The minimum atomic E-state index is -0.0323. The summed E-state index contributed by atoms with van der Waals surface area (Å²) in [7, 11) is 1.74. The topological polar surface area (TPSA) is 71.8 Å². The van der Waals surface area contributed by atoms with Gasteiger partial charge in [0.25, 0.3) is 0 Å². The van der Waals surface area contributed by atoms with Crippen LogP contribution in [0.25, 0.3) is 5.82 Å². The summed E-state index contributed by atoms with van der Waals surface area (Å²) in [6.45, 7) is 4.74. The first-order chi connectivity index (χ1) is 9.60. The Morgan fingerprint density at radius 1 is 1.33 bits per heavy atom. The number of halogens is 1. The number of hydrogen-bond acceptors (Lipinski definition) is 4. The third-order valence-corrected chi connectivity index (χ3v) is 2.86. The molecule has 2 N–H and O–H groups in total. The van der Waals surface area contributed by atoms with Crippen molar-refractivity contribution in [2.24, 2.45) is 0 Å². The minimum absolute atomic E-state index is 0. The number of amides is 1. The average molecular weight is 310 g/mol. The number of aromatic nitrogens is 3. The number of nitrogens with zero attached hydrogens (tertiary/aromatic N) is 3. The summed E-state index contributed by atoms with van der Waals surface area (Å²) in [5.74, 6) is 0.746. The van der Waals surface area contributed by atoms with E-state index in [1.807, 2.05) is 32.0 Å². The Morgan fingerprint density at radius 2 is 2.10 bits per heavy atom. The Kier molecular flexibility index (Phi) is 6.33. The third kappa shape index (κ3) is 4.54. The second kappa shape index (κ2) is 7.75. The molecule has 1 amide bonds. The highest BCUT2D eigenvalue weighted by atomic mass is 35.5. The van der Waals surface area contributed by atoms with Crippen LogP contribution in [-0.4, -0.2) is 34.3 Å². The van der Waals surface area contributed by atoms with E-state index in [0.29, 0.717) is 13.1 Å². The van der Waals surface area contributed by atoms with E-state index < -0.39 is 0 Å². The smallest absolute Gasteiger partial charge is 0.234 e. The number of rotatable bonds is 5. The fourth-order valence-electron chi connectivity index (χ4n) is 1.93. The summed E-state index contributed by atoms with van der Waals surface area (Å²) in [6, 6.07) is 5.85. The van der Waals surface area contributed by atoms with Gasteiger partial charge in [-0.05, 0) is 38.6 Å².